The minimum atomic E-state index is -3.43. The Kier molecular flexibility index (Phi) is 6.57. The molecule has 0 unspecified atom stereocenters. The molecule has 1 aromatic heterocycles. The van der Waals surface area contributed by atoms with Crippen molar-refractivity contribution in [3.8, 4) is 11.8 Å². The summed E-state index contributed by atoms with van der Waals surface area (Å²) in [6.45, 7) is 2.89. The van der Waals surface area contributed by atoms with E-state index in [2.05, 4.69) is 4.90 Å². The molecule has 1 fully saturated rings. The third-order valence-electron chi connectivity index (χ3n) is 6.74. The molecule has 4 rings (SSSR count). The van der Waals surface area contributed by atoms with Crippen LogP contribution < -0.4 is 0 Å². The van der Waals surface area contributed by atoms with Crippen LogP contribution in [0, 0.1) is 5.82 Å². The molecule has 1 aliphatic heterocycles. The molecule has 2 heterocycles. The standard InChI is InChI=1S/C23H31FN2O4S/c24-17-7-9-18(10-8-17)31(29,30)19-11-15-25(16-12-19)13-3-4-14-26-22(27)20-5-1-2-6-21(20)23(26)28/h7-10,19,27-28H,1-6,11-16H2. The zero-order chi connectivity index (χ0) is 22.0. The largest absolute Gasteiger partial charge is 0.494 e. The van der Waals surface area contributed by atoms with E-state index in [0.717, 1.165) is 69.3 Å². The number of sulfone groups is 1. The molecular weight excluding hydrogens is 419 g/mol. The first kappa shape index (κ1) is 22.1. The molecule has 8 heteroatoms. The molecule has 0 saturated carbocycles. The summed E-state index contributed by atoms with van der Waals surface area (Å²) in [5, 5.41) is 20.4. The maximum absolute atomic E-state index is 13.1. The van der Waals surface area contributed by atoms with Crippen LogP contribution in [-0.2, 0) is 29.2 Å². The molecule has 0 radical (unpaired) electrons. The number of unbranched alkanes of at least 4 members (excludes halogenated alkanes) is 1. The van der Waals surface area contributed by atoms with Gasteiger partial charge in [-0.2, -0.15) is 0 Å². The average molecular weight is 451 g/mol. The monoisotopic (exact) mass is 450 g/mol. The SMILES string of the molecule is O=S(=O)(c1ccc(F)cc1)C1CCN(CCCCn2c(O)c3c(c2O)CCCC3)CC1. The highest BCUT2D eigenvalue weighted by Gasteiger charge is 2.31. The van der Waals surface area contributed by atoms with Crippen molar-refractivity contribution in [2.75, 3.05) is 19.6 Å². The summed E-state index contributed by atoms with van der Waals surface area (Å²) in [6, 6.07) is 5.08. The van der Waals surface area contributed by atoms with Gasteiger partial charge in [-0.1, -0.05) is 0 Å². The average Bonchev–Trinajstić information content (AvgIpc) is 3.02. The van der Waals surface area contributed by atoms with Crippen molar-refractivity contribution in [3.05, 3.63) is 41.2 Å². The lowest BCUT2D eigenvalue weighted by atomic mass is 9.95. The lowest BCUT2D eigenvalue weighted by Crippen LogP contribution is -2.39. The number of likely N-dealkylation sites (tertiary alicyclic amines) is 1. The maximum Gasteiger partial charge on any atom is 0.197 e. The maximum atomic E-state index is 13.1. The Bertz CT molecular complexity index is 980. The number of hydrogen-bond donors (Lipinski definition) is 2. The van der Waals surface area contributed by atoms with Crippen molar-refractivity contribution in [2.45, 2.75) is 68.1 Å². The summed E-state index contributed by atoms with van der Waals surface area (Å²) >= 11 is 0. The molecule has 0 atom stereocenters. The van der Waals surface area contributed by atoms with E-state index in [1.54, 1.807) is 4.57 Å². The van der Waals surface area contributed by atoms with Crippen LogP contribution in [-0.4, -0.2) is 53.0 Å². The number of hydrogen-bond acceptors (Lipinski definition) is 5. The van der Waals surface area contributed by atoms with Crippen molar-refractivity contribution in [1.82, 2.24) is 9.47 Å². The summed E-state index contributed by atoms with van der Waals surface area (Å²) in [7, 11) is -3.43. The van der Waals surface area contributed by atoms with Gasteiger partial charge in [0.05, 0.1) is 10.1 Å². The van der Waals surface area contributed by atoms with Gasteiger partial charge in [-0.3, -0.25) is 4.57 Å². The Labute approximate surface area is 183 Å². The minimum absolute atomic E-state index is 0.196. The quantitative estimate of drug-likeness (QED) is 0.497. The van der Waals surface area contributed by atoms with Crippen molar-refractivity contribution < 1.29 is 23.0 Å². The first-order valence-electron chi connectivity index (χ1n) is 11.2. The van der Waals surface area contributed by atoms with Crippen LogP contribution in [0.2, 0.25) is 0 Å². The van der Waals surface area contributed by atoms with Gasteiger partial charge in [-0.25, -0.2) is 12.8 Å². The fourth-order valence-electron chi connectivity index (χ4n) is 4.90. The van der Waals surface area contributed by atoms with Gasteiger partial charge in [-0.05, 0) is 95.3 Å². The second-order valence-electron chi connectivity index (χ2n) is 8.71. The fraction of sp³-hybridized carbons (Fsp3) is 0.565. The molecule has 1 aromatic carbocycles. The minimum Gasteiger partial charge on any atom is -0.494 e. The number of aromatic hydroxyl groups is 2. The molecule has 6 nitrogen and oxygen atoms in total. The van der Waals surface area contributed by atoms with Gasteiger partial charge >= 0.3 is 0 Å². The van der Waals surface area contributed by atoms with Crippen LogP contribution in [0.25, 0.3) is 0 Å². The number of benzene rings is 1. The van der Waals surface area contributed by atoms with E-state index in [9.17, 15) is 23.0 Å². The molecule has 0 bridgehead atoms. The van der Waals surface area contributed by atoms with E-state index in [1.807, 2.05) is 0 Å². The highest BCUT2D eigenvalue weighted by Crippen LogP contribution is 2.38. The lowest BCUT2D eigenvalue weighted by molar-refractivity contribution is 0.223. The fourth-order valence-corrected chi connectivity index (χ4v) is 6.63. The van der Waals surface area contributed by atoms with E-state index >= 15 is 0 Å². The zero-order valence-corrected chi connectivity index (χ0v) is 18.6. The second-order valence-corrected chi connectivity index (χ2v) is 10.9. The van der Waals surface area contributed by atoms with Gasteiger partial charge in [0, 0.05) is 17.7 Å². The van der Waals surface area contributed by atoms with Gasteiger partial charge in [0.15, 0.2) is 21.6 Å². The molecule has 170 valence electrons. The summed E-state index contributed by atoms with van der Waals surface area (Å²) in [6.07, 6.45) is 6.67. The van der Waals surface area contributed by atoms with Gasteiger partial charge in [-0.15, -0.1) is 0 Å². The van der Waals surface area contributed by atoms with Crippen molar-refractivity contribution in [2.24, 2.45) is 0 Å². The van der Waals surface area contributed by atoms with E-state index in [0.29, 0.717) is 19.4 Å². The zero-order valence-electron chi connectivity index (χ0n) is 17.8. The van der Waals surface area contributed by atoms with E-state index in [1.165, 1.54) is 24.3 Å². The molecule has 1 aliphatic carbocycles. The van der Waals surface area contributed by atoms with Gasteiger partial charge in [0.1, 0.15) is 5.82 Å². The predicted molar refractivity (Wildman–Crippen MR) is 117 cm³/mol. The highest BCUT2D eigenvalue weighted by atomic mass is 32.2. The number of nitrogens with zero attached hydrogens (tertiary/aromatic N) is 2. The number of rotatable bonds is 7. The van der Waals surface area contributed by atoms with Gasteiger partial charge < -0.3 is 15.1 Å². The third-order valence-corrected chi connectivity index (χ3v) is 9.02. The van der Waals surface area contributed by atoms with E-state index < -0.39 is 20.9 Å². The Morgan fingerprint density at radius 3 is 2.03 bits per heavy atom. The summed E-state index contributed by atoms with van der Waals surface area (Å²) in [5.41, 5.74) is 1.82. The topological polar surface area (TPSA) is 82.8 Å². The van der Waals surface area contributed by atoms with Crippen LogP contribution in [0.5, 0.6) is 11.8 Å². The van der Waals surface area contributed by atoms with E-state index in [4.69, 9.17) is 0 Å². The Hall–Kier alpha value is -2.06. The van der Waals surface area contributed by atoms with Crippen molar-refractivity contribution in [1.29, 1.82) is 0 Å². The Morgan fingerprint density at radius 1 is 0.903 bits per heavy atom. The number of halogens is 1. The first-order chi connectivity index (χ1) is 14.9. The first-order valence-corrected chi connectivity index (χ1v) is 12.8. The third kappa shape index (κ3) is 4.60. The second kappa shape index (κ2) is 9.20. The smallest absolute Gasteiger partial charge is 0.197 e. The Morgan fingerprint density at radius 2 is 1.45 bits per heavy atom. The lowest BCUT2D eigenvalue weighted by Gasteiger charge is -2.31. The molecule has 0 amide bonds. The molecule has 0 spiro atoms. The normalized spacial score (nSPS) is 18.2. The van der Waals surface area contributed by atoms with Gasteiger partial charge in [0.25, 0.3) is 0 Å². The number of piperidine rings is 1. The molecule has 2 aromatic rings. The summed E-state index contributed by atoms with van der Waals surface area (Å²) in [4.78, 5) is 2.47. The number of aromatic nitrogens is 1. The molecule has 2 N–H and O–H groups in total. The van der Waals surface area contributed by atoms with Gasteiger partial charge in [0.2, 0.25) is 0 Å². The van der Waals surface area contributed by atoms with Crippen molar-refractivity contribution in [3.63, 3.8) is 0 Å². The highest BCUT2D eigenvalue weighted by molar-refractivity contribution is 7.92. The van der Waals surface area contributed by atoms with E-state index in [-0.39, 0.29) is 16.7 Å². The Balaban J connectivity index is 1.24. The van der Waals surface area contributed by atoms with Crippen LogP contribution in [0.1, 0.15) is 49.7 Å². The number of fused-ring (bicyclic) bond motifs is 1. The molecule has 1 saturated heterocycles. The summed E-state index contributed by atoms with van der Waals surface area (Å²) < 4.78 is 40.3. The van der Waals surface area contributed by atoms with Crippen LogP contribution in [0.3, 0.4) is 0 Å². The molecular formula is C23H31FN2O4S. The molecule has 2 aliphatic rings. The van der Waals surface area contributed by atoms with Crippen LogP contribution in [0.15, 0.2) is 29.2 Å². The summed E-state index contributed by atoms with van der Waals surface area (Å²) in [5.74, 6) is 0.00789. The predicted octanol–water partition coefficient (Wildman–Crippen LogP) is 3.64. The van der Waals surface area contributed by atoms with Crippen molar-refractivity contribution >= 4 is 9.84 Å². The van der Waals surface area contributed by atoms with Crippen LogP contribution in [0.4, 0.5) is 4.39 Å². The van der Waals surface area contributed by atoms with Crippen LogP contribution >= 0.6 is 0 Å². The molecule has 31 heavy (non-hydrogen) atoms.